The number of benzene rings is 2. The summed E-state index contributed by atoms with van der Waals surface area (Å²) < 4.78 is 23.1. The summed E-state index contributed by atoms with van der Waals surface area (Å²) in [5, 5.41) is 59.5. The lowest BCUT2D eigenvalue weighted by Crippen LogP contribution is -2.60. The first-order chi connectivity index (χ1) is 16.4. The third-order valence-corrected chi connectivity index (χ3v) is 6.25. The zero-order valence-electron chi connectivity index (χ0n) is 18.7. The first-order valence-corrected chi connectivity index (χ1v) is 11.1. The molecule has 2 heterocycles. The SMILES string of the molecule is COc1ccc2c(c1CCO)O[C@H](c1ccc(O)cc1O[C@@H]1O[C@H](CO)[C@@H](O)[C@H](O)[C@H]1O)CC2. The molecule has 10 heteroatoms. The molecule has 0 bridgehead atoms. The van der Waals surface area contributed by atoms with Crippen molar-refractivity contribution in [3.05, 3.63) is 47.0 Å². The van der Waals surface area contributed by atoms with Gasteiger partial charge in [0, 0.05) is 30.2 Å². The van der Waals surface area contributed by atoms with Crippen LogP contribution in [-0.4, -0.2) is 81.7 Å². The van der Waals surface area contributed by atoms with Crippen molar-refractivity contribution in [2.75, 3.05) is 20.3 Å². The number of ether oxygens (including phenoxy) is 4. The van der Waals surface area contributed by atoms with E-state index < -0.39 is 43.4 Å². The van der Waals surface area contributed by atoms with Gasteiger partial charge in [-0.3, -0.25) is 0 Å². The number of aliphatic hydroxyl groups is 5. The average Bonchev–Trinajstić information content (AvgIpc) is 2.84. The van der Waals surface area contributed by atoms with Crippen molar-refractivity contribution in [3.63, 3.8) is 0 Å². The fraction of sp³-hybridized carbons (Fsp3) is 0.500. The third-order valence-electron chi connectivity index (χ3n) is 6.25. The van der Waals surface area contributed by atoms with Gasteiger partial charge in [0.15, 0.2) is 0 Å². The van der Waals surface area contributed by atoms with Crippen molar-refractivity contribution in [1.82, 2.24) is 0 Å². The van der Waals surface area contributed by atoms with E-state index in [4.69, 9.17) is 18.9 Å². The van der Waals surface area contributed by atoms with Crippen molar-refractivity contribution in [1.29, 1.82) is 0 Å². The lowest BCUT2D eigenvalue weighted by molar-refractivity contribution is -0.277. The smallest absolute Gasteiger partial charge is 0.229 e. The average molecular weight is 478 g/mol. The maximum atomic E-state index is 10.4. The molecule has 10 nitrogen and oxygen atoms in total. The number of phenols is 1. The van der Waals surface area contributed by atoms with Crippen LogP contribution in [-0.2, 0) is 17.6 Å². The summed E-state index contributed by atoms with van der Waals surface area (Å²) in [6.45, 7) is -0.665. The van der Waals surface area contributed by atoms with Gasteiger partial charge in [-0.25, -0.2) is 0 Å². The van der Waals surface area contributed by atoms with Gasteiger partial charge < -0.3 is 49.6 Å². The minimum atomic E-state index is -1.60. The van der Waals surface area contributed by atoms with Crippen LogP contribution in [0.1, 0.15) is 29.2 Å². The van der Waals surface area contributed by atoms with Crippen LogP contribution in [0.3, 0.4) is 0 Å². The normalized spacial score (nSPS) is 28.6. The second-order valence-electron chi connectivity index (χ2n) is 8.39. The number of aliphatic hydroxyl groups excluding tert-OH is 5. The Morgan fingerprint density at radius 3 is 2.50 bits per heavy atom. The molecule has 34 heavy (non-hydrogen) atoms. The number of methoxy groups -OCH3 is 1. The molecule has 186 valence electrons. The molecule has 0 radical (unpaired) electrons. The number of fused-ring (bicyclic) bond motifs is 1. The summed E-state index contributed by atoms with van der Waals surface area (Å²) in [6.07, 6.45) is -6.10. The maximum absolute atomic E-state index is 10.4. The summed E-state index contributed by atoms with van der Waals surface area (Å²) in [5.74, 6) is 1.29. The Bertz CT molecular complexity index is 994. The van der Waals surface area contributed by atoms with Crippen molar-refractivity contribution in [2.24, 2.45) is 0 Å². The second kappa shape index (κ2) is 10.3. The standard InChI is InChI=1S/C24H30O10/c1-31-16-6-2-12-3-7-17(32-23(12)15(16)8-9-25)14-5-4-13(27)10-18(14)33-24-22(30)21(29)20(28)19(11-26)34-24/h2,4-6,10,17,19-22,24-30H,3,7-9,11H2,1H3/t17-,19+,20+,21-,22+,24+/m0/s1. The highest BCUT2D eigenvalue weighted by atomic mass is 16.7. The molecule has 0 spiro atoms. The van der Waals surface area contributed by atoms with Crippen LogP contribution < -0.4 is 14.2 Å². The molecule has 4 rings (SSSR count). The van der Waals surface area contributed by atoms with E-state index in [2.05, 4.69) is 0 Å². The van der Waals surface area contributed by atoms with E-state index in [0.717, 1.165) is 11.1 Å². The zero-order chi connectivity index (χ0) is 24.4. The molecule has 6 atom stereocenters. The summed E-state index contributed by atoms with van der Waals surface area (Å²) in [5.41, 5.74) is 2.30. The largest absolute Gasteiger partial charge is 0.508 e. The minimum Gasteiger partial charge on any atom is -0.508 e. The van der Waals surface area contributed by atoms with Gasteiger partial charge in [0.2, 0.25) is 6.29 Å². The molecule has 2 aliphatic rings. The Labute approximate surface area is 196 Å². The Balaban J connectivity index is 1.64. The van der Waals surface area contributed by atoms with Gasteiger partial charge in [0.25, 0.3) is 0 Å². The predicted octanol–water partition coefficient (Wildman–Crippen LogP) is 0.181. The lowest BCUT2D eigenvalue weighted by atomic mass is 9.93. The van der Waals surface area contributed by atoms with E-state index in [0.29, 0.717) is 36.3 Å². The van der Waals surface area contributed by atoms with Crippen LogP contribution in [0.15, 0.2) is 30.3 Å². The Morgan fingerprint density at radius 1 is 1.00 bits per heavy atom. The molecular formula is C24H30O10. The molecule has 6 N–H and O–H groups in total. The topological polar surface area (TPSA) is 158 Å². The predicted molar refractivity (Wildman–Crippen MR) is 118 cm³/mol. The van der Waals surface area contributed by atoms with E-state index in [1.165, 1.54) is 12.1 Å². The molecule has 2 aromatic rings. The lowest BCUT2D eigenvalue weighted by Gasteiger charge is -2.40. The molecule has 2 aromatic carbocycles. The number of hydrogen-bond acceptors (Lipinski definition) is 10. The molecule has 0 amide bonds. The molecule has 1 saturated heterocycles. The first-order valence-electron chi connectivity index (χ1n) is 11.1. The first kappa shape index (κ1) is 24.5. The highest BCUT2D eigenvalue weighted by molar-refractivity contribution is 5.52. The molecule has 1 fully saturated rings. The summed E-state index contributed by atoms with van der Waals surface area (Å²) in [6, 6.07) is 8.23. The summed E-state index contributed by atoms with van der Waals surface area (Å²) in [4.78, 5) is 0. The van der Waals surface area contributed by atoms with Crippen LogP contribution in [0.25, 0.3) is 0 Å². The van der Waals surface area contributed by atoms with Gasteiger partial charge in [0.05, 0.1) is 13.7 Å². The van der Waals surface area contributed by atoms with E-state index in [1.54, 1.807) is 13.2 Å². The van der Waals surface area contributed by atoms with Gasteiger partial charge in [-0.05, 0) is 36.6 Å². The van der Waals surface area contributed by atoms with Crippen LogP contribution in [0.4, 0.5) is 0 Å². The van der Waals surface area contributed by atoms with Gasteiger partial charge in [-0.15, -0.1) is 0 Å². The number of aromatic hydroxyl groups is 1. The zero-order valence-corrected chi connectivity index (χ0v) is 18.7. The minimum absolute atomic E-state index is 0.0779. The van der Waals surface area contributed by atoms with Crippen LogP contribution >= 0.6 is 0 Å². The van der Waals surface area contributed by atoms with E-state index in [1.807, 2.05) is 12.1 Å². The Kier molecular flexibility index (Phi) is 7.46. The van der Waals surface area contributed by atoms with Crippen LogP contribution in [0.2, 0.25) is 0 Å². The Hall–Kier alpha value is -2.60. The third kappa shape index (κ3) is 4.65. The fourth-order valence-corrected chi connectivity index (χ4v) is 4.43. The molecule has 0 aliphatic carbocycles. The summed E-state index contributed by atoms with van der Waals surface area (Å²) >= 11 is 0. The van der Waals surface area contributed by atoms with Gasteiger partial charge in [-0.1, -0.05) is 6.07 Å². The van der Waals surface area contributed by atoms with E-state index in [9.17, 15) is 30.6 Å². The monoisotopic (exact) mass is 478 g/mol. The Morgan fingerprint density at radius 2 is 1.79 bits per heavy atom. The molecule has 0 aromatic heterocycles. The van der Waals surface area contributed by atoms with Crippen molar-refractivity contribution in [2.45, 2.75) is 56.1 Å². The van der Waals surface area contributed by atoms with Crippen molar-refractivity contribution < 1.29 is 49.6 Å². The number of aryl methyl sites for hydroxylation is 1. The number of rotatable bonds is 7. The van der Waals surface area contributed by atoms with E-state index in [-0.39, 0.29) is 18.1 Å². The molecular weight excluding hydrogens is 448 g/mol. The van der Waals surface area contributed by atoms with Gasteiger partial charge in [0.1, 0.15) is 53.5 Å². The maximum Gasteiger partial charge on any atom is 0.229 e. The van der Waals surface area contributed by atoms with Gasteiger partial charge >= 0.3 is 0 Å². The number of phenolic OH excluding ortho intramolecular Hbond substituents is 1. The second-order valence-corrected chi connectivity index (χ2v) is 8.39. The van der Waals surface area contributed by atoms with Crippen molar-refractivity contribution in [3.8, 4) is 23.0 Å². The molecule has 2 aliphatic heterocycles. The highest BCUT2D eigenvalue weighted by Crippen LogP contribution is 2.44. The van der Waals surface area contributed by atoms with E-state index >= 15 is 0 Å². The molecule has 0 unspecified atom stereocenters. The number of hydrogen-bond donors (Lipinski definition) is 6. The quantitative estimate of drug-likeness (QED) is 0.324. The summed E-state index contributed by atoms with van der Waals surface area (Å²) in [7, 11) is 1.55. The van der Waals surface area contributed by atoms with Crippen molar-refractivity contribution >= 4 is 0 Å². The molecule has 0 saturated carbocycles. The highest BCUT2D eigenvalue weighted by Gasteiger charge is 2.45. The van der Waals surface area contributed by atoms with Gasteiger partial charge in [-0.2, -0.15) is 0 Å². The van der Waals surface area contributed by atoms with Crippen LogP contribution in [0, 0.1) is 0 Å². The fourth-order valence-electron chi connectivity index (χ4n) is 4.43. The van der Waals surface area contributed by atoms with Crippen LogP contribution in [0.5, 0.6) is 23.0 Å².